The van der Waals surface area contributed by atoms with Crippen LogP contribution in [0, 0.1) is 11.3 Å². The molecule has 1 aromatic rings. The molecule has 102 valence electrons. The van der Waals surface area contributed by atoms with Crippen LogP contribution in [0.3, 0.4) is 0 Å². The molecule has 0 aromatic carbocycles. The molecule has 19 heavy (non-hydrogen) atoms. The third-order valence-electron chi connectivity index (χ3n) is 3.09. The third-order valence-corrected chi connectivity index (χ3v) is 4.03. The molecule has 5 nitrogen and oxygen atoms in total. The molecule has 1 aliphatic rings. The number of hydrogen-bond donors (Lipinski definition) is 0. The Morgan fingerprint density at radius 2 is 2.26 bits per heavy atom. The van der Waals surface area contributed by atoms with Crippen molar-refractivity contribution < 1.29 is 9.53 Å². The maximum absolute atomic E-state index is 11.9. The van der Waals surface area contributed by atoms with E-state index in [1.54, 1.807) is 23.9 Å². The van der Waals surface area contributed by atoms with Crippen LogP contribution in [-0.4, -0.2) is 53.2 Å². The number of nitriles is 1. The molecule has 0 atom stereocenters. The summed E-state index contributed by atoms with van der Waals surface area (Å²) >= 11 is 1.96. The first-order valence-corrected chi connectivity index (χ1v) is 7.40. The summed E-state index contributed by atoms with van der Waals surface area (Å²) < 4.78 is 6.88. The van der Waals surface area contributed by atoms with Crippen molar-refractivity contribution in [2.24, 2.45) is 7.05 Å². The summed E-state index contributed by atoms with van der Waals surface area (Å²) in [6, 6.07) is 3.57. The van der Waals surface area contributed by atoms with E-state index < -0.39 is 0 Å². The van der Waals surface area contributed by atoms with E-state index in [1.807, 2.05) is 17.8 Å². The summed E-state index contributed by atoms with van der Waals surface area (Å²) in [5.41, 5.74) is 0.897. The van der Waals surface area contributed by atoms with Gasteiger partial charge in [-0.2, -0.15) is 17.0 Å². The summed E-state index contributed by atoms with van der Waals surface area (Å²) in [4.78, 5) is 14.2. The lowest BCUT2D eigenvalue weighted by Gasteiger charge is -2.25. The fourth-order valence-corrected chi connectivity index (χ4v) is 2.97. The van der Waals surface area contributed by atoms with Gasteiger partial charge in [-0.15, -0.1) is 0 Å². The van der Waals surface area contributed by atoms with Crippen molar-refractivity contribution in [2.45, 2.75) is 0 Å². The fourth-order valence-electron chi connectivity index (χ4n) is 1.99. The van der Waals surface area contributed by atoms with E-state index in [0.717, 1.165) is 31.1 Å². The lowest BCUT2D eigenvalue weighted by atomic mass is 10.3. The number of ether oxygens (including phenoxy) is 1. The van der Waals surface area contributed by atoms with E-state index >= 15 is 0 Å². The molecule has 0 N–H and O–H groups in total. The van der Waals surface area contributed by atoms with Crippen LogP contribution < -0.4 is 0 Å². The SMILES string of the molecule is Cn1cc(C#N)cc1C(=O)OCCN1CCSCC1. The first-order chi connectivity index (χ1) is 9.20. The molecule has 0 saturated carbocycles. The summed E-state index contributed by atoms with van der Waals surface area (Å²) in [7, 11) is 1.74. The molecule has 0 amide bonds. The van der Waals surface area contributed by atoms with Gasteiger partial charge >= 0.3 is 5.97 Å². The normalized spacial score (nSPS) is 16.0. The quantitative estimate of drug-likeness (QED) is 0.773. The third kappa shape index (κ3) is 3.75. The number of esters is 1. The Labute approximate surface area is 117 Å². The molecule has 6 heteroatoms. The summed E-state index contributed by atoms with van der Waals surface area (Å²) in [5.74, 6) is 1.93. The van der Waals surface area contributed by atoms with Crippen molar-refractivity contribution in [2.75, 3.05) is 37.7 Å². The summed E-state index contributed by atoms with van der Waals surface area (Å²) in [6.45, 7) is 3.30. The first kappa shape index (κ1) is 14.0. The maximum atomic E-state index is 11.9. The Kier molecular flexibility index (Phi) is 4.88. The average molecular weight is 279 g/mol. The minimum absolute atomic E-state index is 0.365. The second kappa shape index (κ2) is 6.64. The number of thioether (sulfide) groups is 1. The molecule has 2 heterocycles. The van der Waals surface area contributed by atoms with Crippen LogP contribution in [0.25, 0.3) is 0 Å². The van der Waals surface area contributed by atoms with Crippen LogP contribution in [0.5, 0.6) is 0 Å². The maximum Gasteiger partial charge on any atom is 0.355 e. The van der Waals surface area contributed by atoms with Gasteiger partial charge in [0.1, 0.15) is 18.4 Å². The van der Waals surface area contributed by atoms with Crippen LogP contribution in [0.1, 0.15) is 16.1 Å². The van der Waals surface area contributed by atoms with Gasteiger partial charge in [-0.1, -0.05) is 0 Å². The zero-order chi connectivity index (χ0) is 13.7. The van der Waals surface area contributed by atoms with E-state index in [-0.39, 0.29) is 5.97 Å². The van der Waals surface area contributed by atoms with Gasteiger partial charge in [-0.05, 0) is 6.07 Å². The molecule has 2 rings (SSSR count). The molecular formula is C13H17N3O2S. The van der Waals surface area contributed by atoms with E-state index in [2.05, 4.69) is 4.90 Å². The van der Waals surface area contributed by atoms with Crippen LogP contribution in [0.4, 0.5) is 0 Å². The van der Waals surface area contributed by atoms with Crippen molar-refractivity contribution in [3.63, 3.8) is 0 Å². The summed E-state index contributed by atoms with van der Waals surface area (Å²) in [5, 5.41) is 8.78. The molecule has 0 bridgehead atoms. The Hall–Kier alpha value is -1.45. The number of aromatic nitrogens is 1. The van der Waals surface area contributed by atoms with Crippen LogP contribution in [0.2, 0.25) is 0 Å². The minimum Gasteiger partial charge on any atom is -0.460 e. The van der Waals surface area contributed by atoms with Gasteiger partial charge in [-0.25, -0.2) is 4.79 Å². The molecule has 1 fully saturated rings. The molecule has 0 radical (unpaired) electrons. The van der Waals surface area contributed by atoms with E-state index in [4.69, 9.17) is 10.00 Å². The molecule has 0 spiro atoms. The van der Waals surface area contributed by atoms with Gasteiger partial charge < -0.3 is 9.30 Å². The highest BCUT2D eigenvalue weighted by Crippen LogP contribution is 2.10. The smallest absolute Gasteiger partial charge is 0.355 e. The van der Waals surface area contributed by atoms with Gasteiger partial charge in [-0.3, -0.25) is 4.90 Å². The largest absolute Gasteiger partial charge is 0.460 e. The van der Waals surface area contributed by atoms with Crippen LogP contribution in [0.15, 0.2) is 12.3 Å². The monoisotopic (exact) mass is 279 g/mol. The standard InChI is InChI=1S/C13H17N3O2S/c1-15-10-11(9-14)8-12(15)13(17)18-5-2-16-3-6-19-7-4-16/h8,10H,2-7H2,1H3. The molecule has 1 aliphatic heterocycles. The highest BCUT2D eigenvalue weighted by Gasteiger charge is 2.15. The van der Waals surface area contributed by atoms with Crippen LogP contribution >= 0.6 is 11.8 Å². The number of carbonyl (C=O) groups is 1. The van der Waals surface area contributed by atoms with Gasteiger partial charge in [0.05, 0.1) is 5.56 Å². The number of hydrogen-bond acceptors (Lipinski definition) is 5. The number of nitrogens with zero attached hydrogens (tertiary/aromatic N) is 3. The van der Waals surface area contributed by atoms with Gasteiger partial charge in [0.25, 0.3) is 0 Å². The number of carbonyl (C=O) groups excluding carboxylic acids is 1. The van der Waals surface area contributed by atoms with E-state index in [0.29, 0.717) is 17.9 Å². The van der Waals surface area contributed by atoms with Crippen molar-refractivity contribution in [1.82, 2.24) is 9.47 Å². The Morgan fingerprint density at radius 1 is 1.53 bits per heavy atom. The zero-order valence-corrected chi connectivity index (χ0v) is 11.8. The number of aryl methyl sites for hydroxylation is 1. The first-order valence-electron chi connectivity index (χ1n) is 6.24. The van der Waals surface area contributed by atoms with Crippen molar-refractivity contribution in [1.29, 1.82) is 5.26 Å². The van der Waals surface area contributed by atoms with E-state index in [1.165, 1.54) is 0 Å². The highest BCUT2D eigenvalue weighted by atomic mass is 32.2. The molecule has 0 unspecified atom stereocenters. The molecule has 1 saturated heterocycles. The second-order valence-electron chi connectivity index (χ2n) is 4.43. The summed E-state index contributed by atoms with van der Waals surface area (Å²) in [6.07, 6.45) is 1.62. The minimum atomic E-state index is -0.365. The second-order valence-corrected chi connectivity index (χ2v) is 5.65. The zero-order valence-electron chi connectivity index (χ0n) is 11.0. The predicted molar refractivity (Wildman–Crippen MR) is 74.2 cm³/mol. The Bertz CT molecular complexity index is 487. The van der Waals surface area contributed by atoms with E-state index in [9.17, 15) is 4.79 Å². The van der Waals surface area contributed by atoms with Crippen LogP contribution in [-0.2, 0) is 11.8 Å². The highest BCUT2D eigenvalue weighted by molar-refractivity contribution is 7.99. The van der Waals surface area contributed by atoms with Gasteiger partial charge in [0.15, 0.2) is 0 Å². The van der Waals surface area contributed by atoms with Crippen molar-refractivity contribution in [3.05, 3.63) is 23.5 Å². The lowest BCUT2D eigenvalue weighted by molar-refractivity contribution is 0.0455. The fraction of sp³-hybridized carbons (Fsp3) is 0.538. The molecule has 0 aliphatic carbocycles. The van der Waals surface area contributed by atoms with Crippen molar-refractivity contribution >= 4 is 17.7 Å². The van der Waals surface area contributed by atoms with Crippen molar-refractivity contribution in [3.8, 4) is 6.07 Å². The van der Waals surface area contributed by atoms with Gasteiger partial charge in [0.2, 0.25) is 0 Å². The molecule has 1 aromatic heterocycles. The molecular weight excluding hydrogens is 262 g/mol. The topological polar surface area (TPSA) is 58.3 Å². The predicted octanol–water partition coefficient (Wildman–Crippen LogP) is 1.10. The van der Waals surface area contributed by atoms with Gasteiger partial charge in [0, 0.05) is 44.4 Å². The lowest BCUT2D eigenvalue weighted by Crippen LogP contribution is -2.35. The Balaban J connectivity index is 1.80. The average Bonchev–Trinajstić information content (AvgIpc) is 2.81. The Morgan fingerprint density at radius 3 is 2.89 bits per heavy atom. The number of rotatable bonds is 4.